The lowest BCUT2D eigenvalue weighted by molar-refractivity contribution is 0.669. The van der Waals surface area contributed by atoms with Crippen LogP contribution in [0.25, 0.3) is 203 Å². The van der Waals surface area contributed by atoms with Crippen molar-refractivity contribution in [3.05, 3.63) is 296 Å². The number of aromatic nitrogens is 4. The SMILES string of the molecule is Clc1ccc2c(n1)-c1cccc3cccc-2c13.c1ccc2cc3c(cc2c1)oc1ccc(-c2ccc4[nH]c5ccccc5c4c2)cc13.c1ccc2cc3c(cc2c1)oc1ccc(-c2ccc4c(c2)c2ccccc2n4-c2ccc4c(n2)-c2cccc5cccc-4c25)cc13. The van der Waals surface area contributed by atoms with Crippen LogP contribution < -0.4 is 0 Å². The lowest BCUT2D eigenvalue weighted by atomic mass is 10.00. The van der Waals surface area contributed by atoms with Crippen LogP contribution in [0.2, 0.25) is 5.15 Å². The number of aromatic amines is 1. The van der Waals surface area contributed by atoms with Gasteiger partial charge in [-0.2, -0.15) is 0 Å². The van der Waals surface area contributed by atoms with Gasteiger partial charge >= 0.3 is 0 Å². The lowest BCUT2D eigenvalue weighted by Gasteiger charge is -2.10. The Morgan fingerprint density at radius 1 is 0.280 bits per heavy atom. The second-order valence-electron chi connectivity index (χ2n) is 24.5. The molecule has 0 saturated heterocycles. The Balaban J connectivity index is 0.000000108. The summed E-state index contributed by atoms with van der Waals surface area (Å²) in [5.41, 5.74) is 22.5. The van der Waals surface area contributed by atoms with Crippen LogP contribution in [-0.4, -0.2) is 19.5 Å². The van der Waals surface area contributed by atoms with E-state index < -0.39 is 0 Å². The van der Waals surface area contributed by atoms with Gasteiger partial charge in [-0.15, -0.1) is 0 Å². The Kier molecular flexibility index (Phi) is 11.1. The Hall–Kier alpha value is -12.1. The smallest absolute Gasteiger partial charge is 0.138 e. The van der Waals surface area contributed by atoms with E-state index in [9.17, 15) is 0 Å². The van der Waals surface area contributed by atoms with Crippen LogP contribution in [0.4, 0.5) is 0 Å². The second-order valence-corrected chi connectivity index (χ2v) is 24.9. The van der Waals surface area contributed by atoms with Crippen molar-refractivity contribution in [2.24, 2.45) is 0 Å². The number of para-hydroxylation sites is 2. The van der Waals surface area contributed by atoms with Gasteiger partial charge in [0.05, 0.1) is 22.4 Å². The quantitative estimate of drug-likeness (QED) is 0.179. The fourth-order valence-corrected chi connectivity index (χ4v) is 15.2. The van der Waals surface area contributed by atoms with E-state index in [-0.39, 0.29) is 0 Å². The molecule has 6 nitrogen and oxygen atoms in total. The number of hydrogen-bond donors (Lipinski definition) is 1. The van der Waals surface area contributed by atoms with E-state index in [4.69, 9.17) is 25.4 Å². The number of halogens is 1. The van der Waals surface area contributed by atoms with Crippen LogP contribution in [-0.2, 0) is 0 Å². The van der Waals surface area contributed by atoms with E-state index in [2.05, 4.69) is 300 Å². The minimum Gasteiger partial charge on any atom is -0.456 e. The van der Waals surface area contributed by atoms with Crippen LogP contribution in [0.15, 0.2) is 300 Å². The molecule has 432 valence electrons. The first-order valence-electron chi connectivity index (χ1n) is 31.4. The highest BCUT2D eigenvalue weighted by atomic mass is 35.5. The normalized spacial score (nSPS) is 12.1. The Bertz CT molecular complexity index is 6590. The number of H-pyrrole nitrogens is 1. The maximum atomic E-state index is 6.29. The van der Waals surface area contributed by atoms with Gasteiger partial charge in [0.25, 0.3) is 0 Å². The molecule has 0 aliphatic heterocycles. The van der Waals surface area contributed by atoms with Crippen molar-refractivity contribution in [2.75, 3.05) is 0 Å². The van der Waals surface area contributed by atoms with Crippen LogP contribution >= 0.6 is 11.6 Å². The highest BCUT2D eigenvalue weighted by molar-refractivity contribution is 6.30. The van der Waals surface area contributed by atoms with Crippen molar-refractivity contribution in [1.82, 2.24) is 19.5 Å². The summed E-state index contributed by atoms with van der Waals surface area (Å²) in [6.07, 6.45) is 0. The maximum Gasteiger partial charge on any atom is 0.138 e. The Morgan fingerprint density at radius 3 is 1.33 bits per heavy atom. The molecule has 0 saturated carbocycles. The highest BCUT2D eigenvalue weighted by Gasteiger charge is 2.26. The fourth-order valence-electron chi connectivity index (χ4n) is 15.1. The van der Waals surface area contributed by atoms with Crippen molar-refractivity contribution in [1.29, 1.82) is 0 Å². The van der Waals surface area contributed by atoms with Crippen LogP contribution in [0.1, 0.15) is 0 Å². The number of fused-ring (bicyclic) bond motifs is 20. The largest absolute Gasteiger partial charge is 0.456 e. The topological polar surface area (TPSA) is 72.8 Å². The molecule has 6 heterocycles. The Morgan fingerprint density at radius 2 is 0.720 bits per heavy atom. The Labute approximate surface area is 536 Å². The van der Waals surface area contributed by atoms with Gasteiger partial charge in [-0.1, -0.05) is 194 Å². The first-order chi connectivity index (χ1) is 46.0. The number of benzene rings is 14. The average molecular weight is 1210 g/mol. The van der Waals surface area contributed by atoms with Crippen molar-refractivity contribution in [3.8, 4) is 72.8 Å². The van der Waals surface area contributed by atoms with Crippen molar-refractivity contribution in [2.45, 2.75) is 0 Å². The molecule has 1 N–H and O–H groups in total. The third-order valence-electron chi connectivity index (χ3n) is 19.4. The molecule has 14 aromatic carbocycles. The summed E-state index contributed by atoms with van der Waals surface area (Å²) >= 11 is 5.99. The van der Waals surface area contributed by atoms with Crippen LogP contribution in [0.3, 0.4) is 0 Å². The number of rotatable bonds is 3. The molecule has 0 atom stereocenters. The summed E-state index contributed by atoms with van der Waals surface area (Å²) in [5.74, 6) is 0.932. The van der Waals surface area contributed by atoms with E-state index >= 15 is 0 Å². The molecule has 2 aliphatic carbocycles. The highest BCUT2D eigenvalue weighted by Crippen LogP contribution is 2.49. The van der Waals surface area contributed by atoms with Crippen molar-refractivity contribution < 1.29 is 8.83 Å². The van der Waals surface area contributed by atoms with Crippen molar-refractivity contribution >= 4 is 142 Å². The molecule has 7 heteroatoms. The summed E-state index contributed by atoms with van der Waals surface area (Å²) in [4.78, 5) is 13.3. The van der Waals surface area contributed by atoms with Gasteiger partial charge in [-0.3, -0.25) is 4.57 Å². The van der Waals surface area contributed by atoms with E-state index in [1.807, 2.05) is 6.07 Å². The zero-order valence-electron chi connectivity index (χ0n) is 49.7. The maximum absolute atomic E-state index is 6.29. The first kappa shape index (κ1) is 51.8. The van der Waals surface area contributed by atoms with E-state index in [1.165, 1.54) is 137 Å². The zero-order chi connectivity index (χ0) is 61.0. The van der Waals surface area contributed by atoms with E-state index in [1.54, 1.807) is 0 Å². The van der Waals surface area contributed by atoms with Gasteiger partial charge in [0.2, 0.25) is 0 Å². The number of nitrogens with one attached hydrogen (secondary N) is 1. The molecule has 22 rings (SSSR count). The first-order valence-corrected chi connectivity index (χ1v) is 31.8. The molecule has 0 radical (unpaired) electrons. The summed E-state index contributed by atoms with van der Waals surface area (Å²) in [6.45, 7) is 0. The second kappa shape index (κ2) is 20.0. The monoisotopic (exact) mass is 1200 g/mol. The predicted octanol–water partition coefficient (Wildman–Crippen LogP) is 24.3. The van der Waals surface area contributed by atoms with Gasteiger partial charge in [0, 0.05) is 76.4 Å². The standard InChI is InChI=1S/C43H24N2O.C28H17NO.C15H8ClN/c1-2-8-27-24-40-36(22-26(27)7-1)35-23-29(16-19-39(35)46-40)28-15-18-38-34(21-28)30-11-3-4-14-37(30)45(38)41-20-17-32-31-12-5-9-25-10-6-13-33(42(25)31)43(32)44-41;1-2-6-18-16-28-24(14-17(18)5-1)23-15-20(10-12-27(23)30-28)19-9-11-26-22(13-19)21-7-3-4-8-25(21)29-26;16-13-8-7-11-10-5-1-3-9-4-2-6-12(14(9)10)15(11)17-13/h1-24H;1-16,29H;1-8H. The van der Waals surface area contributed by atoms with Gasteiger partial charge in [-0.05, 0) is 186 Å². The molecular formula is C86H49ClN4O2. The molecule has 0 spiro atoms. The van der Waals surface area contributed by atoms with E-state index in [0.29, 0.717) is 5.15 Å². The molecular weight excluding hydrogens is 1160 g/mol. The average Bonchev–Trinajstić information content (AvgIpc) is 1.60. The summed E-state index contributed by atoms with van der Waals surface area (Å²) in [7, 11) is 0. The molecule has 93 heavy (non-hydrogen) atoms. The molecule has 6 aromatic heterocycles. The van der Waals surface area contributed by atoms with Gasteiger partial charge < -0.3 is 13.8 Å². The number of hydrogen-bond acceptors (Lipinski definition) is 4. The van der Waals surface area contributed by atoms with Crippen molar-refractivity contribution in [3.63, 3.8) is 0 Å². The molecule has 2 aliphatic rings. The number of pyridine rings is 2. The van der Waals surface area contributed by atoms with Crippen LogP contribution in [0, 0.1) is 0 Å². The van der Waals surface area contributed by atoms with Gasteiger partial charge in [0.15, 0.2) is 0 Å². The summed E-state index contributed by atoms with van der Waals surface area (Å²) < 4.78 is 14.8. The summed E-state index contributed by atoms with van der Waals surface area (Å²) in [6, 6.07) is 103. The molecule has 20 aromatic rings. The number of furan rings is 2. The predicted molar refractivity (Wildman–Crippen MR) is 388 cm³/mol. The van der Waals surface area contributed by atoms with Gasteiger partial charge in [0.1, 0.15) is 33.3 Å². The third-order valence-corrected chi connectivity index (χ3v) is 19.6. The molecule has 0 amide bonds. The summed E-state index contributed by atoms with van der Waals surface area (Å²) in [5, 5.41) is 20.1. The minimum atomic E-state index is 0.550. The number of nitrogens with zero attached hydrogens (tertiary/aromatic N) is 3. The fraction of sp³-hybridized carbons (Fsp3) is 0. The molecule has 0 bridgehead atoms. The van der Waals surface area contributed by atoms with E-state index in [0.717, 1.165) is 66.7 Å². The van der Waals surface area contributed by atoms with Gasteiger partial charge in [-0.25, -0.2) is 9.97 Å². The van der Waals surface area contributed by atoms with Crippen LogP contribution in [0.5, 0.6) is 0 Å². The third kappa shape index (κ3) is 8.02. The molecule has 0 unspecified atom stereocenters. The molecule has 0 fully saturated rings. The lowest BCUT2D eigenvalue weighted by Crippen LogP contribution is -1.98. The minimum absolute atomic E-state index is 0.550. The zero-order valence-corrected chi connectivity index (χ0v) is 50.5.